The van der Waals surface area contributed by atoms with Gasteiger partial charge in [-0.05, 0) is 42.3 Å². The van der Waals surface area contributed by atoms with Gasteiger partial charge in [-0.1, -0.05) is 37.6 Å². The Balaban J connectivity index is 1.95. The molecule has 80 valence electrons. The minimum Gasteiger partial charge on any atom is -0.310 e. The summed E-state index contributed by atoms with van der Waals surface area (Å²) in [5.74, 6) is 1.80. The Bertz CT molecular complexity index is 358. The monoisotopic (exact) mass is 201 g/mol. The molecule has 0 saturated carbocycles. The molecule has 0 radical (unpaired) electrons. The second-order valence-corrected chi connectivity index (χ2v) is 4.96. The Morgan fingerprint density at radius 3 is 3.07 bits per heavy atom. The number of fused-ring (bicyclic) bond motifs is 3. The first kappa shape index (κ1) is 9.41. The fourth-order valence-corrected chi connectivity index (χ4v) is 3.47. The molecular weight excluding hydrogens is 182 g/mol. The van der Waals surface area contributed by atoms with E-state index in [1.165, 1.54) is 25.8 Å². The smallest absolute Gasteiger partial charge is 0.0357 e. The second-order valence-electron chi connectivity index (χ2n) is 4.96. The molecule has 1 aromatic carbocycles. The Hall–Kier alpha value is -0.820. The summed E-state index contributed by atoms with van der Waals surface area (Å²) in [6.45, 7) is 3.55. The molecule has 1 heteroatoms. The van der Waals surface area contributed by atoms with Gasteiger partial charge in [0, 0.05) is 6.04 Å². The van der Waals surface area contributed by atoms with Crippen LogP contribution in [0, 0.1) is 11.8 Å². The topological polar surface area (TPSA) is 12.0 Å². The fourth-order valence-electron chi connectivity index (χ4n) is 3.47. The van der Waals surface area contributed by atoms with E-state index in [0.717, 1.165) is 11.8 Å². The van der Waals surface area contributed by atoms with Gasteiger partial charge in [0.15, 0.2) is 0 Å². The first-order chi connectivity index (χ1) is 7.40. The van der Waals surface area contributed by atoms with Gasteiger partial charge in [0.25, 0.3) is 0 Å². The summed E-state index contributed by atoms with van der Waals surface area (Å²) in [6.07, 6.45) is 4.01. The first-order valence-corrected chi connectivity index (χ1v) is 6.21. The Kier molecular flexibility index (Phi) is 2.28. The molecule has 0 spiro atoms. The van der Waals surface area contributed by atoms with Crippen molar-refractivity contribution in [1.29, 1.82) is 0 Å². The molecule has 15 heavy (non-hydrogen) atoms. The zero-order valence-corrected chi connectivity index (χ0v) is 9.37. The summed E-state index contributed by atoms with van der Waals surface area (Å²) < 4.78 is 0. The molecule has 1 aliphatic carbocycles. The SMILES string of the molecule is CCC1CCN[C@H]2c3ccccc3C[C@H]12. The highest BCUT2D eigenvalue weighted by molar-refractivity contribution is 5.36. The number of hydrogen-bond donors (Lipinski definition) is 1. The average molecular weight is 201 g/mol. The lowest BCUT2D eigenvalue weighted by molar-refractivity contribution is 0.200. The van der Waals surface area contributed by atoms with E-state index in [1.54, 1.807) is 11.1 Å². The quantitative estimate of drug-likeness (QED) is 0.736. The van der Waals surface area contributed by atoms with Crippen LogP contribution in [-0.4, -0.2) is 6.54 Å². The second kappa shape index (κ2) is 3.64. The predicted octanol–water partition coefficient (Wildman–Crippen LogP) is 2.92. The van der Waals surface area contributed by atoms with Crippen molar-refractivity contribution in [1.82, 2.24) is 5.32 Å². The van der Waals surface area contributed by atoms with Gasteiger partial charge in [0.2, 0.25) is 0 Å². The van der Waals surface area contributed by atoms with Gasteiger partial charge in [0.1, 0.15) is 0 Å². The number of piperidine rings is 1. The average Bonchev–Trinajstić information content (AvgIpc) is 2.67. The van der Waals surface area contributed by atoms with E-state index in [9.17, 15) is 0 Å². The Morgan fingerprint density at radius 2 is 2.20 bits per heavy atom. The van der Waals surface area contributed by atoms with Gasteiger partial charge >= 0.3 is 0 Å². The third-order valence-electron chi connectivity index (χ3n) is 4.28. The molecule has 3 rings (SSSR count). The van der Waals surface area contributed by atoms with E-state index in [0.29, 0.717) is 6.04 Å². The Labute approximate surface area is 91.9 Å². The van der Waals surface area contributed by atoms with E-state index in [1.807, 2.05) is 0 Å². The van der Waals surface area contributed by atoms with Crippen molar-refractivity contribution in [3.05, 3.63) is 35.4 Å². The van der Waals surface area contributed by atoms with Crippen molar-refractivity contribution in [2.45, 2.75) is 32.2 Å². The maximum Gasteiger partial charge on any atom is 0.0357 e. The summed E-state index contributed by atoms with van der Waals surface area (Å²) >= 11 is 0. The van der Waals surface area contributed by atoms with E-state index in [2.05, 4.69) is 36.5 Å². The fraction of sp³-hybridized carbons (Fsp3) is 0.571. The molecule has 1 fully saturated rings. The number of rotatable bonds is 1. The summed E-state index contributed by atoms with van der Waals surface area (Å²) in [5, 5.41) is 3.70. The lowest BCUT2D eigenvalue weighted by Crippen LogP contribution is -2.37. The Morgan fingerprint density at radius 1 is 1.33 bits per heavy atom. The molecule has 1 aromatic rings. The number of nitrogens with one attached hydrogen (secondary N) is 1. The molecular formula is C14H19N. The highest BCUT2D eigenvalue weighted by Crippen LogP contribution is 2.44. The normalized spacial score (nSPS) is 33.5. The van der Waals surface area contributed by atoms with Crippen LogP contribution in [0.1, 0.15) is 36.9 Å². The highest BCUT2D eigenvalue weighted by atomic mass is 14.9. The van der Waals surface area contributed by atoms with E-state index in [-0.39, 0.29) is 0 Å². The van der Waals surface area contributed by atoms with Crippen LogP contribution in [0.2, 0.25) is 0 Å². The summed E-state index contributed by atoms with van der Waals surface area (Å²) in [6, 6.07) is 9.63. The first-order valence-electron chi connectivity index (χ1n) is 6.21. The minimum absolute atomic E-state index is 0.653. The molecule has 0 aromatic heterocycles. The van der Waals surface area contributed by atoms with Gasteiger partial charge in [-0.2, -0.15) is 0 Å². The van der Waals surface area contributed by atoms with Gasteiger partial charge in [-0.25, -0.2) is 0 Å². The third kappa shape index (κ3) is 1.41. The third-order valence-corrected chi connectivity index (χ3v) is 4.28. The van der Waals surface area contributed by atoms with Crippen LogP contribution in [0.3, 0.4) is 0 Å². The van der Waals surface area contributed by atoms with E-state index < -0.39 is 0 Å². The van der Waals surface area contributed by atoms with Crippen molar-refractivity contribution in [3.8, 4) is 0 Å². The maximum absolute atomic E-state index is 3.70. The predicted molar refractivity (Wildman–Crippen MR) is 62.8 cm³/mol. The molecule has 0 amide bonds. The van der Waals surface area contributed by atoms with Gasteiger partial charge in [-0.3, -0.25) is 0 Å². The van der Waals surface area contributed by atoms with E-state index in [4.69, 9.17) is 0 Å². The molecule has 1 aliphatic heterocycles. The summed E-state index contributed by atoms with van der Waals surface area (Å²) in [4.78, 5) is 0. The van der Waals surface area contributed by atoms with Crippen LogP contribution in [0.5, 0.6) is 0 Å². The van der Waals surface area contributed by atoms with Crippen molar-refractivity contribution in [2.24, 2.45) is 11.8 Å². The highest BCUT2D eigenvalue weighted by Gasteiger charge is 2.38. The molecule has 1 N–H and O–H groups in total. The largest absolute Gasteiger partial charge is 0.310 e. The van der Waals surface area contributed by atoms with Crippen LogP contribution < -0.4 is 5.32 Å². The van der Waals surface area contributed by atoms with Crippen LogP contribution in [0.25, 0.3) is 0 Å². The van der Waals surface area contributed by atoms with Crippen molar-refractivity contribution in [3.63, 3.8) is 0 Å². The van der Waals surface area contributed by atoms with E-state index >= 15 is 0 Å². The molecule has 3 atom stereocenters. The zero-order chi connectivity index (χ0) is 10.3. The van der Waals surface area contributed by atoms with Crippen LogP contribution in [0.15, 0.2) is 24.3 Å². The van der Waals surface area contributed by atoms with Gasteiger partial charge in [0.05, 0.1) is 0 Å². The zero-order valence-electron chi connectivity index (χ0n) is 9.37. The summed E-state index contributed by atoms with van der Waals surface area (Å²) in [5.41, 5.74) is 3.15. The number of hydrogen-bond acceptors (Lipinski definition) is 1. The van der Waals surface area contributed by atoms with Crippen molar-refractivity contribution < 1.29 is 0 Å². The molecule has 1 saturated heterocycles. The maximum atomic E-state index is 3.70. The molecule has 1 unspecified atom stereocenters. The lowest BCUT2D eigenvalue weighted by atomic mass is 9.80. The standard InChI is InChI=1S/C14H19N/c1-2-10-7-8-15-14-12-6-4-3-5-11(12)9-13(10)14/h3-6,10,13-15H,2,7-9H2,1H3/t10?,13-,14+/m1/s1. The van der Waals surface area contributed by atoms with Crippen molar-refractivity contribution >= 4 is 0 Å². The summed E-state index contributed by atoms with van der Waals surface area (Å²) in [7, 11) is 0. The van der Waals surface area contributed by atoms with Crippen LogP contribution >= 0.6 is 0 Å². The van der Waals surface area contributed by atoms with Crippen LogP contribution in [0.4, 0.5) is 0 Å². The molecule has 1 heterocycles. The van der Waals surface area contributed by atoms with Gasteiger partial charge in [-0.15, -0.1) is 0 Å². The molecule has 0 bridgehead atoms. The van der Waals surface area contributed by atoms with Crippen LogP contribution in [-0.2, 0) is 6.42 Å². The molecule has 1 nitrogen and oxygen atoms in total. The number of benzene rings is 1. The van der Waals surface area contributed by atoms with Crippen molar-refractivity contribution in [2.75, 3.05) is 6.54 Å². The lowest BCUT2D eigenvalue weighted by Gasteiger charge is -2.34. The van der Waals surface area contributed by atoms with Gasteiger partial charge < -0.3 is 5.32 Å². The minimum atomic E-state index is 0.653. The molecule has 2 aliphatic rings.